The Hall–Kier alpha value is -0.960. The average Bonchev–Trinajstić information content (AvgIpc) is 2.84. The molecular weight excluding hydrogens is 324 g/mol. The topological polar surface area (TPSA) is 106 Å². The van der Waals surface area contributed by atoms with Crippen molar-refractivity contribution in [2.24, 2.45) is 11.7 Å². The number of rotatable bonds is 6. The minimum Gasteiger partial charge on any atom is -0.330 e. The van der Waals surface area contributed by atoms with Gasteiger partial charge in [-0.25, -0.2) is 21.6 Å². The molecule has 1 fully saturated rings. The third-order valence-corrected chi connectivity index (χ3v) is 6.29. The lowest BCUT2D eigenvalue weighted by molar-refractivity contribution is 0.453. The first-order valence-electron chi connectivity index (χ1n) is 7.20. The van der Waals surface area contributed by atoms with Crippen molar-refractivity contribution in [1.29, 1.82) is 0 Å². The third-order valence-electron chi connectivity index (χ3n) is 3.93. The van der Waals surface area contributed by atoms with Gasteiger partial charge in [0.05, 0.1) is 10.6 Å². The van der Waals surface area contributed by atoms with Gasteiger partial charge in [0.1, 0.15) is 0 Å². The summed E-state index contributed by atoms with van der Waals surface area (Å²) in [6.07, 6.45) is 3.86. The maximum atomic E-state index is 12.4. The minimum absolute atomic E-state index is 0.0986. The number of sulfonamides is 1. The molecule has 124 valence electrons. The van der Waals surface area contributed by atoms with Crippen molar-refractivity contribution in [1.82, 2.24) is 4.72 Å². The number of hydrogen-bond donors (Lipinski definition) is 2. The normalized spacial score (nSPS) is 22.8. The van der Waals surface area contributed by atoms with E-state index in [1.165, 1.54) is 24.3 Å². The molecule has 0 bridgehead atoms. The van der Waals surface area contributed by atoms with Crippen molar-refractivity contribution in [3.63, 3.8) is 0 Å². The van der Waals surface area contributed by atoms with Crippen LogP contribution in [0.1, 0.15) is 24.8 Å². The summed E-state index contributed by atoms with van der Waals surface area (Å²) in [6, 6.07) is 5.82. The summed E-state index contributed by atoms with van der Waals surface area (Å²) in [6.45, 7) is 0.473. The van der Waals surface area contributed by atoms with Gasteiger partial charge in [-0.3, -0.25) is 0 Å². The van der Waals surface area contributed by atoms with Gasteiger partial charge in [-0.05, 0) is 43.0 Å². The van der Waals surface area contributed by atoms with Gasteiger partial charge in [-0.2, -0.15) is 0 Å². The highest BCUT2D eigenvalue weighted by atomic mass is 32.2. The molecule has 1 saturated carbocycles. The molecular formula is C14H22N2O4S2. The van der Waals surface area contributed by atoms with Gasteiger partial charge in [0.15, 0.2) is 9.84 Å². The highest BCUT2D eigenvalue weighted by Crippen LogP contribution is 2.26. The van der Waals surface area contributed by atoms with E-state index in [0.29, 0.717) is 12.1 Å². The molecule has 0 spiro atoms. The lowest BCUT2D eigenvalue weighted by Crippen LogP contribution is -2.39. The monoisotopic (exact) mass is 346 g/mol. The van der Waals surface area contributed by atoms with Gasteiger partial charge in [-0.15, -0.1) is 0 Å². The molecule has 2 rings (SSSR count). The van der Waals surface area contributed by atoms with Crippen LogP contribution >= 0.6 is 0 Å². The van der Waals surface area contributed by atoms with Crippen LogP contribution in [0.3, 0.4) is 0 Å². The van der Waals surface area contributed by atoms with E-state index in [1.807, 2.05) is 0 Å². The van der Waals surface area contributed by atoms with E-state index in [1.54, 1.807) is 0 Å². The van der Waals surface area contributed by atoms with Gasteiger partial charge < -0.3 is 5.73 Å². The molecule has 6 nitrogen and oxygen atoms in total. The SMILES string of the molecule is CS(=O)(=O)Cc1ccc(S(=O)(=O)NC2CCCC2CN)cc1. The van der Waals surface area contributed by atoms with E-state index < -0.39 is 19.9 Å². The van der Waals surface area contributed by atoms with E-state index >= 15 is 0 Å². The summed E-state index contributed by atoms with van der Waals surface area (Å²) in [7, 11) is -6.74. The molecule has 1 aliphatic carbocycles. The number of nitrogens with one attached hydrogen (secondary N) is 1. The molecule has 1 aromatic rings. The van der Waals surface area contributed by atoms with E-state index in [-0.39, 0.29) is 22.6 Å². The van der Waals surface area contributed by atoms with Gasteiger partial charge in [0.25, 0.3) is 0 Å². The van der Waals surface area contributed by atoms with E-state index in [0.717, 1.165) is 25.5 Å². The zero-order valence-electron chi connectivity index (χ0n) is 12.5. The van der Waals surface area contributed by atoms with Crippen LogP contribution in [0.5, 0.6) is 0 Å². The number of nitrogens with two attached hydrogens (primary N) is 1. The molecule has 0 aliphatic heterocycles. The van der Waals surface area contributed by atoms with Crippen molar-refractivity contribution in [2.45, 2.75) is 36.0 Å². The molecule has 2 atom stereocenters. The van der Waals surface area contributed by atoms with Gasteiger partial charge in [0.2, 0.25) is 10.0 Å². The van der Waals surface area contributed by atoms with Crippen molar-refractivity contribution in [3.05, 3.63) is 29.8 Å². The zero-order valence-corrected chi connectivity index (χ0v) is 14.2. The first-order valence-corrected chi connectivity index (χ1v) is 10.7. The Morgan fingerprint density at radius 2 is 1.77 bits per heavy atom. The highest BCUT2D eigenvalue weighted by Gasteiger charge is 2.30. The molecule has 0 amide bonds. The van der Waals surface area contributed by atoms with Gasteiger partial charge >= 0.3 is 0 Å². The summed E-state index contributed by atoms with van der Waals surface area (Å²) in [5.41, 5.74) is 6.24. The first kappa shape index (κ1) is 17.4. The standard InChI is InChI=1S/C14H22N2O4S2/c1-21(17,18)10-11-5-7-13(8-6-11)22(19,20)16-14-4-2-3-12(14)9-15/h5-8,12,14,16H,2-4,9-10,15H2,1H3. The Balaban J connectivity index is 2.12. The van der Waals surface area contributed by atoms with Crippen LogP contribution in [0.2, 0.25) is 0 Å². The van der Waals surface area contributed by atoms with Crippen LogP contribution < -0.4 is 10.5 Å². The van der Waals surface area contributed by atoms with Crippen LogP contribution in [0.15, 0.2) is 29.2 Å². The Morgan fingerprint density at radius 1 is 1.14 bits per heavy atom. The molecule has 0 saturated heterocycles. The third kappa shape index (κ3) is 4.52. The van der Waals surface area contributed by atoms with E-state index in [2.05, 4.69) is 4.72 Å². The average molecular weight is 346 g/mol. The van der Waals surface area contributed by atoms with Crippen LogP contribution in [-0.2, 0) is 25.6 Å². The van der Waals surface area contributed by atoms with Crippen molar-refractivity contribution in [2.75, 3.05) is 12.8 Å². The van der Waals surface area contributed by atoms with Crippen molar-refractivity contribution in [3.8, 4) is 0 Å². The fourth-order valence-corrected chi connectivity index (χ4v) is 4.95. The number of benzene rings is 1. The Bertz CT molecular complexity index is 712. The fourth-order valence-electron chi connectivity index (χ4n) is 2.81. The Morgan fingerprint density at radius 3 is 2.32 bits per heavy atom. The van der Waals surface area contributed by atoms with E-state index in [4.69, 9.17) is 5.73 Å². The first-order chi connectivity index (χ1) is 10.2. The van der Waals surface area contributed by atoms with Crippen molar-refractivity contribution >= 4 is 19.9 Å². The zero-order chi connectivity index (χ0) is 16.4. The van der Waals surface area contributed by atoms with Crippen LogP contribution in [-0.4, -0.2) is 35.7 Å². The summed E-state index contributed by atoms with van der Waals surface area (Å²) in [5.74, 6) is 0.0813. The lowest BCUT2D eigenvalue weighted by Gasteiger charge is -2.19. The van der Waals surface area contributed by atoms with Crippen LogP contribution in [0.25, 0.3) is 0 Å². The predicted octanol–water partition coefficient (Wildman–Crippen LogP) is 0.637. The van der Waals surface area contributed by atoms with Crippen LogP contribution in [0.4, 0.5) is 0 Å². The quantitative estimate of drug-likeness (QED) is 0.786. The lowest BCUT2D eigenvalue weighted by atomic mass is 10.1. The number of sulfone groups is 1. The minimum atomic E-state index is -3.60. The fraction of sp³-hybridized carbons (Fsp3) is 0.571. The highest BCUT2D eigenvalue weighted by molar-refractivity contribution is 7.90. The molecule has 1 aromatic carbocycles. The molecule has 0 radical (unpaired) electrons. The van der Waals surface area contributed by atoms with Crippen LogP contribution in [0, 0.1) is 5.92 Å². The summed E-state index contributed by atoms with van der Waals surface area (Å²) < 4.78 is 49.9. The molecule has 2 unspecified atom stereocenters. The predicted molar refractivity (Wildman–Crippen MR) is 85.5 cm³/mol. The molecule has 22 heavy (non-hydrogen) atoms. The number of hydrogen-bond acceptors (Lipinski definition) is 5. The Labute approximate surface area is 132 Å². The summed E-state index contributed by atoms with van der Waals surface area (Å²) in [4.78, 5) is 0.146. The molecule has 0 aromatic heterocycles. The molecule has 0 heterocycles. The van der Waals surface area contributed by atoms with E-state index in [9.17, 15) is 16.8 Å². The van der Waals surface area contributed by atoms with Gasteiger partial charge in [0, 0.05) is 12.3 Å². The molecule has 1 aliphatic rings. The maximum Gasteiger partial charge on any atom is 0.240 e. The molecule has 8 heteroatoms. The second-order valence-electron chi connectivity index (χ2n) is 5.87. The second-order valence-corrected chi connectivity index (χ2v) is 9.72. The van der Waals surface area contributed by atoms with Gasteiger partial charge in [-0.1, -0.05) is 18.6 Å². The largest absolute Gasteiger partial charge is 0.330 e. The smallest absolute Gasteiger partial charge is 0.240 e. The second kappa shape index (κ2) is 6.66. The van der Waals surface area contributed by atoms with Crippen molar-refractivity contribution < 1.29 is 16.8 Å². The summed E-state index contributed by atoms with van der Waals surface area (Å²) in [5, 5.41) is 0. The Kier molecular flexibility index (Phi) is 5.26. The summed E-state index contributed by atoms with van der Waals surface area (Å²) >= 11 is 0. The maximum absolute atomic E-state index is 12.4. The molecule has 3 N–H and O–H groups in total.